The number of hydrogen-bond donors (Lipinski definition) is 1. The minimum absolute atomic E-state index is 0. The first-order valence-electron chi connectivity index (χ1n) is 2.93. The van der Waals surface area contributed by atoms with Crippen LogP contribution in [0.5, 0.6) is 5.75 Å². The Morgan fingerprint density at radius 1 is 1.30 bits per heavy atom. The van der Waals surface area contributed by atoms with Crippen molar-refractivity contribution < 1.29 is 4.74 Å². The van der Waals surface area contributed by atoms with Crippen LogP contribution in [0.15, 0.2) is 24.3 Å². The van der Waals surface area contributed by atoms with Crippen LogP contribution in [-0.4, -0.2) is 7.11 Å². The maximum atomic E-state index is 5.00. The Labute approximate surface area is 61.4 Å². The van der Waals surface area contributed by atoms with Gasteiger partial charge in [0, 0.05) is 0 Å². The van der Waals surface area contributed by atoms with Crippen LogP contribution in [-0.2, 0) is 0 Å². The van der Waals surface area contributed by atoms with Gasteiger partial charge in [-0.05, 0) is 24.6 Å². The zero-order chi connectivity index (χ0) is 6.69. The Morgan fingerprint density at radius 3 is 2.40 bits per heavy atom. The first-order chi connectivity index (χ1) is 4.33. The highest BCUT2D eigenvalue weighted by Crippen LogP contribution is 2.10. The predicted octanol–water partition coefficient (Wildman–Crippen LogP) is 2.17. The molecule has 0 aliphatic rings. The third kappa shape index (κ3) is 2.07. The van der Waals surface area contributed by atoms with Crippen molar-refractivity contribution in [2.24, 2.45) is 0 Å². The van der Waals surface area contributed by atoms with Gasteiger partial charge in [0.25, 0.3) is 0 Å². The Bertz CT molecular complexity index is 198. The lowest BCUT2D eigenvalue weighted by atomic mass is 10.2. The number of ether oxygens (including phenoxy) is 1. The number of rotatable bonds is 1. The summed E-state index contributed by atoms with van der Waals surface area (Å²) in [5, 5.41) is 0. The second-order valence-electron chi connectivity index (χ2n) is 2.02. The standard InChI is InChI=1S/C8H10O.H3N/c1-7-4-3-5-8(6-7)9-2;/h3-6H,1-2H3;1H3. The quantitative estimate of drug-likeness (QED) is 0.648. The summed E-state index contributed by atoms with van der Waals surface area (Å²) in [6.45, 7) is 2.04. The summed E-state index contributed by atoms with van der Waals surface area (Å²) in [7, 11) is 1.68. The van der Waals surface area contributed by atoms with Gasteiger partial charge in [-0.25, -0.2) is 0 Å². The fourth-order valence-electron chi connectivity index (χ4n) is 0.742. The van der Waals surface area contributed by atoms with Crippen molar-refractivity contribution in [3.63, 3.8) is 0 Å². The molecular weight excluding hydrogens is 126 g/mol. The van der Waals surface area contributed by atoms with E-state index in [0.717, 1.165) is 5.75 Å². The molecule has 1 aromatic carbocycles. The number of methoxy groups -OCH3 is 1. The van der Waals surface area contributed by atoms with E-state index in [2.05, 4.69) is 0 Å². The lowest BCUT2D eigenvalue weighted by molar-refractivity contribution is 0.414. The van der Waals surface area contributed by atoms with Gasteiger partial charge in [0.15, 0.2) is 0 Å². The van der Waals surface area contributed by atoms with Crippen molar-refractivity contribution in [2.75, 3.05) is 7.11 Å². The maximum Gasteiger partial charge on any atom is 0.119 e. The van der Waals surface area contributed by atoms with Gasteiger partial charge in [-0.15, -0.1) is 0 Å². The first-order valence-corrected chi connectivity index (χ1v) is 2.93. The summed E-state index contributed by atoms with van der Waals surface area (Å²) < 4.78 is 5.00. The van der Waals surface area contributed by atoms with Gasteiger partial charge in [-0.3, -0.25) is 0 Å². The molecule has 0 saturated heterocycles. The smallest absolute Gasteiger partial charge is 0.119 e. The van der Waals surface area contributed by atoms with E-state index in [1.54, 1.807) is 7.11 Å². The second kappa shape index (κ2) is 3.90. The molecule has 0 aliphatic carbocycles. The van der Waals surface area contributed by atoms with Crippen LogP contribution in [0.1, 0.15) is 5.56 Å². The third-order valence-electron chi connectivity index (χ3n) is 1.23. The minimum Gasteiger partial charge on any atom is -0.497 e. The summed E-state index contributed by atoms with van der Waals surface area (Å²) in [6.07, 6.45) is 0. The highest BCUT2D eigenvalue weighted by Gasteiger charge is 1.86. The second-order valence-corrected chi connectivity index (χ2v) is 2.02. The van der Waals surface area contributed by atoms with Gasteiger partial charge in [-0.1, -0.05) is 12.1 Å². The summed E-state index contributed by atoms with van der Waals surface area (Å²) in [6, 6.07) is 7.96. The Kier molecular flexibility index (Phi) is 3.51. The molecule has 0 heterocycles. The zero-order valence-electron chi connectivity index (χ0n) is 6.42. The summed E-state index contributed by atoms with van der Waals surface area (Å²) in [5.74, 6) is 0.926. The molecule has 0 amide bonds. The summed E-state index contributed by atoms with van der Waals surface area (Å²) in [5.41, 5.74) is 1.23. The van der Waals surface area contributed by atoms with Crippen molar-refractivity contribution in [3.8, 4) is 5.75 Å². The van der Waals surface area contributed by atoms with E-state index in [4.69, 9.17) is 4.74 Å². The van der Waals surface area contributed by atoms with Crippen molar-refractivity contribution in [3.05, 3.63) is 29.8 Å². The van der Waals surface area contributed by atoms with E-state index in [9.17, 15) is 0 Å². The van der Waals surface area contributed by atoms with Crippen LogP contribution in [0.25, 0.3) is 0 Å². The summed E-state index contributed by atoms with van der Waals surface area (Å²) in [4.78, 5) is 0. The molecule has 56 valence electrons. The molecular formula is C8H13NO. The van der Waals surface area contributed by atoms with Gasteiger partial charge >= 0.3 is 0 Å². The fourth-order valence-corrected chi connectivity index (χ4v) is 0.742. The highest BCUT2D eigenvalue weighted by atomic mass is 16.5. The molecule has 1 aromatic rings. The number of benzene rings is 1. The molecule has 3 N–H and O–H groups in total. The van der Waals surface area contributed by atoms with E-state index in [1.807, 2.05) is 31.2 Å². The molecule has 0 unspecified atom stereocenters. The van der Waals surface area contributed by atoms with Gasteiger partial charge in [0.1, 0.15) is 5.75 Å². The van der Waals surface area contributed by atoms with Crippen LogP contribution in [0.2, 0.25) is 0 Å². The molecule has 0 radical (unpaired) electrons. The molecule has 0 aliphatic heterocycles. The van der Waals surface area contributed by atoms with Gasteiger partial charge in [0.2, 0.25) is 0 Å². The molecule has 2 heteroatoms. The van der Waals surface area contributed by atoms with Crippen LogP contribution in [0.4, 0.5) is 0 Å². The lowest BCUT2D eigenvalue weighted by Crippen LogP contribution is -1.81. The molecule has 0 fully saturated rings. The molecule has 10 heavy (non-hydrogen) atoms. The Balaban J connectivity index is 0.000000810. The van der Waals surface area contributed by atoms with Crippen molar-refractivity contribution in [2.45, 2.75) is 6.92 Å². The average Bonchev–Trinajstić information content (AvgIpc) is 1.88. The monoisotopic (exact) mass is 139 g/mol. The lowest BCUT2D eigenvalue weighted by Gasteiger charge is -1.97. The average molecular weight is 139 g/mol. The van der Waals surface area contributed by atoms with E-state index >= 15 is 0 Å². The van der Waals surface area contributed by atoms with Crippen LogP contribution in [0, 0.1) is 6.92 Å². The van der Waals surface area contributed by atoms with E-state index < -0.39 is 0 Å². The van der Waals surface area contributed by atoms with E-state index in [0.29, 0.717) is 0 Å². The molecule has 0 aromatic heterocycles. The number of aryl methyl sites for hydroxylation is 1. The van der Waals surface area contributed by atoms with Crippen LogP contribution < -0.4 is 10.9 Å². The normalized spacial score (nSPS) is 8.20. The minimum atomic E-state index is 0. The van der Waals surface area contributed by atoms with Crippen molar-refractivity contribution >= 4 is 0 Å². The maximum absolute atomic E-state index is 5.00. The van der Waals surface area contributed by atoms with Crippen molar-refractivity contribution in [1.29, 1.82) is 0 Å². The Morgan fingerprint density at radius 2 is 2.00 bits per heavy atom. The SMILES string of the molecule is COc1cccc(C)c1.N. The van der Waals surface area contributed by atoms with Gasteiger partial charge in [0.05, 0.1) is 7.11 Å². The molecule has 0 spiro atoms. The summed E-state index contributed by atoms with van der Waals surface area (Å²) >= 11 is 0. The predicted molar refractivity (Wildman–Crippen MR) is 42.8 cm³/mol. The zero-order valence-corrected chi connectivity index (χ0v) is 6.42. The van der Waals surface area contributed by atoms with E-state index in [-0.39, 0.29) is 6.15 Å². The van der Waals surface area contributed by atoms with Gasteiger partial charge < -0.3 is 10.9 Å². The van der Waals surface area contributed by atoms with Crippen LogP contribution in [0.3, 0.4) is 0 Å². The topological polar surface area (TPSA) is 44.2 Å². The van der Waals surface area contributed by atoms with Crippen molar-refractivity contribution in [1.82, 2.24) is 6.15 Å². The highest BCUT2D eigenvalue weighted by molar-refractivity contribution is 5.27. The fraction of sp³-hybridized carbons (Fsp3) is 0.250. The molecule has 0 bridgehead atoms. The molecule has 1 rings (SSSR count). The molecule has 0 saturated carbocycles. The third-order valence-corrected chi connectivity index (χ3v) is 1.23. The van der Waals surface area contributed by atoms with E-state index in [1.165, 1.54) is 5.56 Å². The first kappa shape index (κ1) is 8.98. The van der Waals surface area contributed by atoms with Crippen LogP contribution >= 0.6 is 0 Å². The van der Waals surface area contributed by atoms with Gasteiger partial charge in [-0.2, -0.15) is 0 Å². The Hall–Kier alpha value is -1.02. The largest absolute Gasteiger partial charge is 0.497 e. The molecule has 2 nitrogen and oxygen atoms in total. The number of hydrogen-bond acceptors (Lipinski definition) is 2. The molecule has 0 atom stereocenters.